The summed E-state index contributed by atoms with van der Waals surface area (Å²) in [4.78, 5) is 27.9. The minimum Gasteiger partial charge on any atom is -0.324 e. The van der Waals surface area contributed by atoms with Crippen LogP contribution in [0.4, 0.5) is 5.69 Å². The number of amides is 1. The Morgan fingerprint density at radius 3 is 2.12 bits per heavy atom. The van der Waals surface area contributed by atoms with E-state index in [9.17, 15) is 18.0 Å². The summed E-state index contributed by atoms with van der Waals surface area (Å²) in [5, 5.41) is 2.89. The highest BCUT2D eigenvalue weighted by Gasteiger charge is 2.33. The minimum atomic E-state index is -3.48. The van der Waals surface area contributed by atoms with Gasteiger partial charge in [0, 0.05) is 50.4 Å². The fourth-order valence-electron chi connectivity index (χ4n) is 3.97. The van der Waals surface area contributed by atoms with Crippen LogP contribution < -0.4 is 5.32 Å². The number of benzene rings is 2. The largest absolute Gasteiger partial charge is 0.324 e. The number of hydrogen-bond donors (Lipinski definition) is 1. The van der Waals surface area contributed by atoms with Crippen LogP contribution in [0.15, 0.2) is 54.6 Å². The van der Waals surface area contributed by atoms with Crippen molar-refractivity contribution in [2.45, 2.75) is 26.8 Å². The molecule has 0 spiro atoms. The Morgan fingerprint density at radius 1 is 0.939 bits per heavy atom. The normalized spacial score (nSPS) is 16.5. The minimum absolute atomic E-state index is 0.158. The zero-order valence-electron chi connectivity index (χ0n) is 19.4. The summed E-state index contributed by atoms with van der Waals surface area (Å²) in [5.74, 6) is -0.391. The Kier molecular flexibility index (Phi) is 8.36. The van der Waals surface area contributed by atoms with Gasteiger partial charge in [-0.2, -0.15) is 17.0 Å². The Balaban J connectivity index is 1.65. The molecule has 1 amide bonds. The van der Waals surface area contributed by atoms with Gasteiger partial charge in [-0.05, 0) is 19.1 Å². The van der Waals surface area contributed by atoms with E-state index in [0.717, 1.165) is 0 Å². The van der Waals surface area contributed by atoms with Crippen LogP contribution in [-0.2, 0) is 15.0 Å². The van der Waals surface area contributed by atoms with Crippen molar-refractivity contribution in [1.29, 1.82) is 0 Å². The average molecular weight is 473 g/mol. The van der Waals surface area contributed by atoms with E-state index in [1.54, 1.807) is 55.5 Å². The molecule has 178 valence electrons. The standard InChI is InChI=1S/C24H32N4O4S/c1-4-27(5-2)33(31,32)28-17-15-26(16-18-28)19(3)24(30)25-22-14-10-9-13-21(22)23(29)20-11-7-6-8-12-20/h6-14,19H,4-5,15-18H2,1-3H3,(H,25,30)/t19-/m0/s1. The van der Waals surface area contributed by atoms with E-state index in [-0.39, 0.29) is 11.7 Å². The summed E-state index contributed by atoms with van der Waals surface area (Å²) < 4.78 is 28.4. The molecule has 1 aliphatic heterocycles. The average Bonchev–Trinajstić information content (AvgIpc) is 2.84. The molecule has 1 heterocycles. The number of hydrogen-bond acceptors (Lipinski definition) is 5. The molecular formula is C24H32N4O4S. The van der Waals surface area contributed by atoms with Gasteiger partial charge in [-0.1, -0.05) is 56.3 Å². The van der Waals surface area contributed by atoms with Gasteiger partial charge in [0.15, 0.2) is 5.78 Å². The second-order valence-electron chi connectivity index (χ2n) is 7.93. The number of carbonyl (C=O) groups is 2. The second kappa shape index (κ2) is 11.0. The fourth-order valence-corrected chi connectivity index (χ4v) is 5.58. The van der Waals surface area contributed by atoms with Gasteiger partial charge in [0.2, 0.25) is 5.91 Å². The number of carbonyl (C=O) groups excluding carboxylic acids is 2. The lowest BCUT2D eigenvalue weighted by Gasteiger charge is -2.38. The van der Waals surface area contributed by atoms with Crippen LogP contribution >= 0.6 is 0 Å². The first-order chi connectivity index (χ1) is 15.8. The molecule has 1 N–H and O–H groups in total. The van der Waals surface area contributed by atoms with Crippen LogP contribution in [0.25, 0.3) is 0 Å². The number of piperazine rings is 1. The summed E-state index contributed by atoms with van der Waals surface area (Å²) in [6, 6.07) is 15.4. The zero-order chi connectivity index (χ0) is 24.0. The van der Waals surface area contributed by atoms with Gasteiger partial charge in [-0.15, -0.1) is 0 Å². The number of para-hydroxylation sites is 1. The summed E-state index contributed by atoms with van der Waals surface area (Å²) >= 11 is 0. The van der Waals surface area contributed by atoms with Crippen molar-refractivity contribution in [1.82, 2.24) is 13.5 Å². The maximum absolute atomic E-state index is 13.0. The summed E-state index contributed by atoms with van der Waals surface area (Å²) in [6.07, 6.45) is 0. The number of rotatable bonds is 9. The molecule has 0 aromatic heterocycles. The van der Waals surface area contributed by atoms with Gasteiger partial charge in [0.25, 0.3) is 10.2 Å². The van der Waals surface area contributed by atoms with E-state index in [0.29, 0.717) is 56.1 Å². The number of nitrogens with zero attached hydrogens (tertiary/aromatic N) is 3. The van der Waals surface area contributed by atoms with E-state index >= 15 is 0 Å². The van der Waals surface area contributed by atoms with Crippen molar-refractivity contribution in [3.05, 3.63) is 65.7 Å². The molecule has 0 unspecified atom stereocenters. The molecular weight excluding hydrogens is 440 g/mol. The highest BCUT2D eigenvalue weighted by Crippen LogP contribution is 2.21. The number of ketones is 1. The quantitative estimate of drug-likeness (QED) is 0.566. The lowest BCUT2D eigenvalue weighted by molar-refractivity contribution is -0.121. The van der Waals surface area contributed by atoms with Crippen molar-refractivity contribution in [3.8, 4) is 0 Å². The molecule has 3 rings (SSSR count). The Bertz CT molecular complexity index is 1060. The van der Waals surface area contributed by atoms with E-state index in [2.05, 4.69) is 5.32 Å². The highest BCUT2D eigenvalue weighted by atomic mass is 32.2. The maximum atomic E-state index is 13.0. The van der Waals surface area contributed by atoms with Crippen LogP contribution in [0.2, 0.25) is 0 Å². The monoisotopic (exact) mass is 472 g/mol. The zero-order valence-corrected chi connectivity index (χ0v) is 20.2. The molecule has 2 aromatic carbocycles. The third-order valence-corrected chi connectivity index (χ3v) is 8.21. The predicted octanol–water partition coefficient (Wildman–Crippen LogP) is 2.45. The van der Waals surface area contributed by atoms with Gasteiger partial charge < -0.3 is 5.32 Å². The van der Waals surface area contributed by atoms with Gasteiger partial charge in [-0.25, -0.2) is 0 Å². The summed E-state index contributed by atoms with van der Waals surface area (Å²) in [7, 11) is -3.48. The van der Waals surface area contributed by atoms with E-state index in [1.165, 1.54) is 8.61 Å². The van der Waals surface area contributed by atoms with Crippen molar-refractivity contribution in [2.75, 3.05) is 44.6 Å². The van der Waals surface area contributed by atoms with Gasteiger partial charge in [0.05, 0.1) is 11.7 Å². The van der Waals surface area contributed by atoms with Gasteiger partial charge >= 0.3 is 0 Å². The lowest BCUT2D eigenvalue weighted by atomic mass is 10.0. The second-order valence-corrected chi connectivity index (χ2v) is 9.86. The predicted molar refractivity (Wildman–Crippen MR) is 129 cm³/mol. The molecule has 33 heavy (non-hydrogen) atoms. The Morgan fingerprint density at radius 2 is 1.52 bits per heavy atom. The molecule has 0 saturated carbocycles. The first-order valence-corrected chi connectivity index (χ1v) is 12.7. The van der Waals surface area contributed by atoms with Crippen molar-refractivity contribution in [2.24, 2.45) is 0 Å². The Hall–Kier alpha value is -2.59. The third kappa shape index (κ3) is 5.67. The first kappa shape index (κ1) is 25.0. The van der Waals surface area contributed by atoms with Crippen molar-refractivity contribution >= 4 is 27.6 Å². The van der Waals surface area contributed by atoms with E-state index in [1.807, 2.05) is 24.8 Å². The molecule has 0 aliphatic carbocycles. The SMILES string of the molecule is CCN(CC)S(=O)(=O)N1CCN([C@@H](C)C(=O)Nc2ccccc2C(=O)c2ccccc2)CC1. The van der Waals surface area contributed by atoms with Crippen molar-refractivity contribution in [3.63, 3.8) is 0 Å². The van der Waals surface area contributed by atoms with E-state index in [4.69, 9.17) is 0 Å². The molecule has 1 atom stereocenters. The van der Waals surface area contributed by atoms with Crippen LogP contribution in [-0.4, -0.2) is 78.9 Å². The van der Waals surface area contributed by atoms with Crippen molar-refractivity contribution < 1.29 is 18.0 Å². The van der Waals surface area contributed by atoms with E-state index < -0.39 is 16.3 Å². The molecule has 1 fully saturated rings. The molecule has 9 heteroatoms. The van der Waals surface area contributed by atoms with Crippen LogP contribution in [0, 0.1) is 0 Å². The topological polar surface area (TPSA) is 90.0 Å². The highest BCUT2D eigenvalue weighted by molar-refractivity contribution is 7.86. The number of anilines is 1. The van der Waals surface area contributed by atoms with Gasteiger partial charge in [0.1, 0.15) is 0 Å². The Labute approximate surface area is 196 Å². The number of nitrogens with one attached hydrogen (secondary N) is 1. The van der Waals surface area contributed by atoms with Crippen LogP contribution in [0.1, 0.15) is 36.7 Å². The molecule has 2 aromatic rings. The maximum Gasteiger partial charge on any atom is 0.282 e. The lowest BCUT2D eigenvalue weighted by Crippen LogP contribution is -2.56. The molecule has 0 radical (unpaired) electrons. The molecule has 1 saturated heterocycles. The molecule has 8 nitrogen and oxygen atoms in total. The smallest absolute Gasteiger partial charge is 0.282 e. The molecule has 0 bridgehead atoms. The summed E-state index contributed by atoms with van der Waals surface area (Å²) in [6.45, 7) is 7.88. The molecule has 1 aliphatic rings. The van der Waals surface area contributed by atoms with Gasteiger partial charge in [-0.3, -0.25) is 14.5 Å². The van der Waals surface area contributed by atoms with Crippen LogP contribution in [0.5, 0.6) is 0 Å². The summed E-state index contributed by atoms with van der Waals surface area (Å²) in [5.41, 5.74) is 1.45. The fraction of sp³-hybridized carbons (Fsp3) is 0.417. The first-order valence-electron chi connectivity index (χ1n) is 11.3. The third-order valence-electron chi connectivity index (χ3n) is 6.02. The van der Waals surface area contributed by atoms with Crippen LogP contribution in [0.3, 0.4) is 0 Å².